The van der Waals surface area contributed by atoms with Crippen LogP contribution in [0.4, 0.5) is 5.69 Å². The molecule has 19 heavy (non-hydrogen) atoms. The second kappa shape index (κ2) is 6.48. The fourth-order valence-electron chi connectivity index (χ4n) is 1.62. The first-order chi connectivity index (χ1) is 9.03. The molecule has 0 N–H and O–H groups in total. The molecule has 0 aliphatic rings. The molecule has 0 saturated carbocycles. The van der Waals surface area contributed by atoms with E-state index in [0.29, 0.717) is 6.29 Å². The van der Waals surface area contributed by atoms with Crippen LogP contribution in [0.2, 0.25) is 0 Å². The number of benzene rings is 1. The lowest BCUT2D eigenvalue weighted by Gasteiger charge is -2.07. The molecule has 0 amide bonds. The molecule has 7 heteroatoms. The first-order valence-electron chi connectivity index (χ1n) is 5.49. The molecule has 1 rings (SSSR count). The molecular formula is C12H13NO6. The van der Waals surface area contributed by atoms with E-state index in [0.717, 1.165) is 0 Å². The molecule has 0 atom stereocenters. The Morgan fingerprint density at radius 2 is 2.16 bits per heavy atom. The van der Waals surface area contributed by atoms with Gasteiger partial charge in [0.15, 0.2) is 6.29 Å². The average molecular weight is 267 g/mol. The summed E-state index contributed by atoms with van der Waals surface area (Å²) in [7, 11) is 1.36. The number of methoxy groups -OCH3 is 1. The van der Waals surface area contributed by atoms with Crippen LogP contribution < -0.4 is 4.74 Å². The van der Waals surface area contributed by atoms with Crippen LogP contribution in [0.25, 0.3) is 0 Å². The Morgan fingerprint density at radius 1 is 1.47 bits per heavy atom. The maximum Gasteiger partial charge on any atom is 0.310 e. The Kier molecular flexibility index (Phi) is 4.99. The van der Waals surface area contributed by atoms with E-state index in [2.05, 4.69) is 0 Å². The summed E-state index contributed by atoms with van der Waals surface area (Å²) >= 11 is 0. The SMILES string of the molecule is CCOC(=O)Cc1cc(OC)cc(C=O)c1[N+](=O)[O-]. The van der Waals surface area contributed by atoms with Crippen LogP contribution in [-0.2, 0) is 16.0 Å². The molecule has 0 saturated heterocycles. The highest BCUT2D eigenvalue weighted by atomic mass is 16.6. The maximum atomic E-state index is 11.4. The largest absolute Gasteiger partial charge is 0.497 e. The van der Waals surface area contributed by atoms with E-state index in [1.54, 1.807) is 6.92 Å². The fourth-order valence-corrected chi connectivity index (χ4v) is 1.62. The molecule has 102 valence electrons. The lowest BCUT2D eigenvalue weighted by Crippen LogP contribution is -2.10. The summed E-state index contributed by atoms with van der Waals surface area (Å²) in [5.74, 6) is -0.331. The van der Waals surface area contributed by atoms with Gasteiger partial charge < -0.3 is 9.47 Å². The van der Waals surface area contributed by atoms with Crippen LogP contribution in [0.3, 0.4) is 0 Å². The van der Waals surface area contributed by atoms with E-state index >= 15 is 0 Å². The highest BCUT2D eigenvalue weighted by molar-refractivity contribution is 5.85. The minimum Gasteiger partial charge on any atom is -0.497 e. The van der Waals surface area contributed by atoms with Gasteiger partial charge >= 0.3 is 5.97 Å². The van der Waals surface area contributed by atoms with Gasteiger partial charge in [0.25, 0.3) is 5.69 Å². The van der Waals surface area contributed by atoms with Gasteiger partial charge in [-0.1, -0.05) is 0 Å². The van der Waals surface area contributed by atoms with Crippen LogP contribution in [0.15, 0.2) is 12.1 Å². The normalized spacial score (nSPS) is 9.79. The summed E-state index contributed by atoms with van der Waals surface area (Å²) in [6.45, 7) is 1.81. The minimum atomic E-state index is -0.697. The van der Waals surface area contributed by atoms with E-state index in [1.807, 2.05) is 0 Å². The first kappa shape index (κ1) is 14.6. The Labute approximate surface area is 109 Å². The zero-order chi connectivity index (χ0) is 14.4. The molecule has 0 aromatic heterocycles. The standard InChI is InChI=1S/C12H13NO6/c1-3-19-11(15)6-8-4-10(18-2)5-9(7-14)12(8)13(16)17/h4-5,7H,3,6H2,1-2H3. The summed E-state index contributed by atoms with van der Waals surface area (Å²) in [5, 5.41) is 11.0. The predicted molar refractivity (Wildman–Crippen MR) is 65.4 cm³/mol. The summed E-state index contributed by atoms with van der Waals surface area (Å²) < 4.78 is 9.68. The van der Waals surface area contributed by atoms with Crippen LogP contribution in [0.5, 0.6) is 5.75 Å². The number of rotatable bonds is 6. The number of hydrogen-bond acceptors (Lipinski definition) is 6. The zero-order valence-electron chi connectivity index (χ0n) is 10.5. The second-order valence-corrected chi connectivity index (χ2v) is 3.58. The Balaban J connectivity index is 3.28. The van der Waals surface area contributed by atoms with E-state index in [1.165, 1.54) is 19.2 Å². The smallest absolute Gasteiger partial charge is 0.310 e. The summed E-state index contributed by atoms with van der Waals surface area (Å²) in [6.07, 6.45) is 0.0670. The highest BCUT2D eigenvalue weighted by Gasteiger charge is 2.23. The van der Waals surface area contributed by atoms with Crippen molar-refractivity contribution in [3.63, 3.8) is 0 Å². The Bertz CT molecular complexity index is 511. The number of nitro benzene ring substituents is 1. The number of ether oxygens (including phenoxy) is 2. The number of carbonyl (C=O) groups is 2. The molecule has 0 spiro atoms. The lowest BCUT2D eigenvalue weighted by molar-refractivity contribution is -0.385. The molecular weight excluding hydrogens is 254 g/mol. The van der Waals surface area contributed by atoms with Crippen molar-refractivity contribution in [1.29, 1.82) is 0 Å². The van der Waals surface area contributed by atoms with Gasteiger partial charge in [-0.15, -0.1) is 0 Å². The summed E-state index contributed by atoms with van der Waals surface area (Å²) in [6, 6.07) is 2.60. The van der Waals surface area contributed by atoms with Crippen LogP contribution >= 0.6 is 0 Å². The molecule has 7 nitrogen and oxygen atoms in total. The number of nitrogens with zero attached hydrogens (tertiary/aromatic N) is 1. The van der Waals surface area contributed by atoms with E-state index in [-0.39, 0.29) is 29.9 Å². The summed E-state index contributed by atoms with van der Waals surface area (Å²) in [4.78, 5) is 32.6. The molecule has 0 heterocycles. The highest BCUT2D eigenvalue weighted by Crippen LogP contribution is 2.28. The molecule has 0 fully saturated rings. The Hall–Kier alpha value is -2.44. The van der Waals surface area contributed by atoms with Gasteiger partial charge in [0.1, 0.15) is 5.75 Å². The van der Waals surface area contributed by atoms with Gasteiger partial charge in [-0.3, -0.25) is 19.7 Å². The fraction of sp³-hybridized carbons (Fsp3) is 0.333. The van der Waals surface area contributed by atoms with Gasteiger partial charge in [0.05, 0.1) is 30.6 Å². The van der Waals surface area contributed by atoms with Crippen molar-refractivity contribution in [1.82, 2.24) is 0 Å². The summed E-state index contributed by atoms with van der Waals surface area (Å²) in [5.41, 5.74) is -0.447. The van der Waals surface area contributed by atoms with Crippen molar-refractivity contribution in [2.45, 2.75) is 13.3 Å². The molecule has 0 aliphatic carbocycles. The van der Waals surface area contributed by atoms with Crippen LogP contribution in [-0.4, -0.2) is 30.9 Å². The third-order valence-electron chi connectivity index (χ3n) is 2.38. The third kappa shape index (κ3) is 3.51. The molecule has 1 aromatic rings. The molecule has 0 aliphatic heterocycles. The first-order valence-corrected chi connectivity index (χ1v) is 5.49. The molecule has 0 unspecified atom stereocenters. The lowest BCUT2D eigenvalue weighted by atomic mass is 10.0. The van der Waals surface area contributed by atoms with Crippen molar-refractivity contribution in [3.8, 4) is 5.75 Å². The number of esters is 1. The van der Waals surface area contributed by atoms with Gasteiger partial charge in [-0.05, 0) is 19.1 Å². The van der Waals surface area contributed by atoms with Crippen molar-refractivity contribution >= 4 is 17.9 Å². The Morgan fingerprint density at radius 3 is 2.63 bits per heavy atom. The minimum absolute atomic E-state index is 0.0879. The molecule has 0 radical (unpaired) electrons. The van der Waals surface area contributed by atoms with Gasteiger partial charge in [0.2, 0.25) is 0 Å². The molecule has 0 bridgehead atoms. The average Bonchev–Trinajstić information content (AvgIpc) is 2.37. The van der Waals surface area contributed by atoms with Gasteiger partial charge in [0, 0.05) is 5.56 Å². The number of hydrogen-bond donors (Lipinski definition) is 0. The third-order valence-corrected chi connectivity index (χ3v) is 2.38. The predicted octanol–water partition coefficient (Wildman–Crippen LogP) is 1.52. The van der Waals surface area contributed by atoms with E-state index < -0.39 is 16.6 Å². The van der Waals surface area contributed by atoms with Crippen molar-refractivity contribution in [3.05, 3.63) is 33.4 Å². The van der Waals surface area contributed by atoms with E-state index in [4.69, 9.17) is 9.47 Å². The zero-order valence-corrected chi connectivity index (χ0v) is 10.5. The van der Waals surface area contributed by atoms with Crippen molar-refractivity contribution in [2.24, 2.45) is 0 Å². The monoisotopic (exact) mass is 267 g/mol. The van der Waals surface area contributed by atoms with Gasteiger partial charge in [-0.2, -0.15) is 0 Å². The molecule has 1 aromatic carbocycles. The van der Waals surface area contributed by atoms with Crippen LogP contribution in [0.1, 0.15) is 22.8 Å². The number of nitro groups is 1. The maximum absolute atomic E-state index is 11.4. The van der Waals surface area contributed by atoms with E-state index in [9.17, 15) is 19.7 Å². The van der Waals surface area contributed by atoms with Crippen molar-refractivity contribution < 1.29 is 24.0 Å². The van der Waals surface area contributed by atoms with Crippen LogP contribution in [0, 0.1) is 10.1 Å². The quantitative estimate of drug-likeness (QED) is 0.335. The van der Waals surface area contributed by atoms with Crippen molar-refractivity contribution in [2.75, 3.05) is 13.7 Å². The van der Waals surface area contributed by atoms with Gasteiger partial charge in [-0.25, -0.2) is 0 Å². The number of aldehydes is 1. The second-order valence-electron chi connectivity index (χ2n) is 3.58. The topological polar surface area (TPSA) is 95.7 Å². The number of carbonyl (C=O) groups excluding carboxylic acids is 2.